The van der Waals surface area contributed by atoms with Crippen molar-refractivity contribution in [1.29, 1.82) is 0 Å². The summed E-state index contributed by atoms with van der Waals surface area (Å²) >= 11 is 0. The van der Waals surface area contributed by atoms with Crippen molar-refractivity contribution in [2.45, 2.75) is 280 Å². The van der Waals surface area contributed by atoms with Crippen LogP contribution in [0.3, 0.4) is 0 Å². The molecule has 25 N–H and O–H groups in total. The predicted molar refractivity (Wildman–Crippen MR) is 321 cm³/mol. The van der Waals surface area contributed by atoms with Crippen LogP contribution in [0, 0.1) is 11.8 Å². The van der Waals surface area contributed by atoms with Crippen LogP contribution in [-0.4, -0.2) is 423 Å². The Morgan fingerprint density at radius 2 is 0.718 bits per heavy atom. The minimum Gasteiger partial charge on any atom is -0.394 e. The molecule has 0 aromatic carbocycles. The lowest BCUT2D eigenvalue weighted by Gasteiger charge is -2.51. The third-order valence-corrected chi connectivity index (χ3v) is 19.7. The molecule has 8 heterocycles. The Hall–Kier alpha value is -3.56. The van der Waals surface area contributed by atoms with E-state index in [1.807, 2.05) is 0 Å². The molecule has 8 aliphatic heterocycles. The van der Waals surface area contributed by atoms with Crippen LogP contribution >= 0.6 is 0 Å². The van der Waals surface area contributed by atoms with Gasteiger partial charge in [-0.2, -0.15) is 0 Å². The summed E-state index contributed by atoms with van der Waals surface area (Å²) in [4.78, 5) is 50.2. The Balaban J connectivity index is 1.02. The smallest absolute Gasteiger partial charge is 0.217 e. The average molecular weight is 1500 g/mol. The van der Waals surface area contributed by atoms with Crippen LogP contribution in [0.2, 0.25) is 0 Å². The lowest BCUT2D eigenvalue weighted by atomic mass is 9.88. The summed E-state index contributed by atoms with van der Waals surface area (Å²) in [5, 5.41) is 243. The summed E-state index contributed by atoms with van der Waals surface area (Å²) < 4.78 is 89.7. The summed E-state index contributed by atoms with van der Waals surface area (Å²) in [7, 11) is 0. The van der Waals surface area contributed by atoms with Crippen molar-refractivity contribution >= 4 is 23.6 Å². The average Bonchev–Trinajstić information content (AvgIpc) is 1.55. The molecule has 8 saturated heterocycles. The number of carbonyl (C=O) groups is 4. The van der Waals surface area contributed by atoms with Gasteiger partial charge in [-0.25, -0.2) is 0 Å². The number of aliphatic hydroxyl groups excluding tert-OH is 19. The molecule has 594 valence electrons. The molecule has 9 rings (SSSR count). The van der Waals surface area contributed by atoms with Gasteiger partial charge in [-0.3, -0.25) is 19.2 Å². The minimum atomic E-state index is -2.61. The fourth-order valence-corrected chi connectivity index (χ4v) is 14.2. The van der Waals surface area contributed by atoms with E-state index in [0.29, 0.717) is 0 Å². The fraction of sp³-hybridized carbons (Fsp3) is 0.932. The van der Waals surface area contributed by atoms with E-state index in [2.05, 4.69) is 21.3 Å². The SMILES string of the molecule is CC(=O)NC1C(O)[C@H](O)[C@H](CO)O[C@H]1OCCC1[C@@H](OCC2O[C@@H](O[C@@H]3C(CO)O[C@@H](O[C@@H]4C(CO)O[C@@H](C)C(NC(C)=O)[C@H]4O)C(NC(C)=O)[C@H]3O)C(O)[C@@H](O[C@H]3OC(CO)[C@@H](O)C(O)C3O[C@@H]3OC(CO)[C@@H](O[C@@H]4OC5C([C@H](O)C4O)C5(O)O)[C@H](O)C3NC(C)=O)[C@@H]2O)OC(CO)[C@@H](O)[C@@H]1O. The highest BCUT2D eigenvalue weighted by Crippen LogP contribution is 2.52. The number of ether oxygens (including phenoxy) is 15. The molecular weight excluding hydrogens is 1400 g/mol. The van der Waals surface area contributed by atoms with Crippen LogP contribution in [0.15, 0.2) is 0 Å². The number of carbonyl (C=O) groups excluding carboxylic acids is 4. The number of nitrogens with one attached hydrogen (secondary N) is 4. The van der Waals surface area contributed by atoms with Gasteiger partial charge in [0.25, 0.3) is 0 Å². The third kappa shape index (κ3) is 18.0. The van der Waals surface area contributed by atoms with Crippen molar-refractivity contribution in [2.75, 3.05) is 52.9 Å². The topological polar surface area (TPSA) is 680 Å². The zero-order valence-electron chi connectivity index (χ0n) is 56.1. The largest absolute Gasteiger partial charge is 0.394 e. The van der Waals surface area contributed by atoms with Gasteiger partial charge in [0.2, 0.25) is 23.6 Å². The number of rotatable bonds is 27. The Kier molecular flexibility index (Phi) is 28.7. The Bertz CT molecular complexity index is 2760. The van der Waals surface area contributed by atoms with Gasteiger partial charge < -0.3 is 200 Å². The first-order valence-electron chi connectivity index (χ1n) is 33.4. The van der Waals surface area contributed by atoms with Gasteiger partial charge in [0, 0.05) is 33.6 Å². The quantitative estimate of drug-likeness (QED) is 0.0340. The van der Waals surface area contributed by atoms with Crippen LogP contribution in [-0.2, 0) is 90.2 Å². The highest BCUT2D eigenvalue weighted by molar-refractivity contribution is 5.74. The molecule has 40 atom stereocenters. The summed E-state index contributed by atoms with van der Waals surface area (Å²) in [5.74, 6) is -8.49. The number of hydrogen-bond acceptors (Lipinski definition) is 40. The predicted octanol–water partition coefficient (Wildman–Crippen LogP) is -16.2. The van der Waals surface area contributed by atoms with Crippen molar-refractivity contribution < 1.29 is 197 Å². The third-order valence-electron chi connectivity index (χ3n) is 19.7. The van der Waals surface area contributed by atoms with Gasteiger partial charge in [-0.05, 0) is 13.3 Å². The Morgan fingerprint density at radius 3 is 1.21 bits per heavy atom. The summed E-state index contributed by atoms with van der Waals surface area (Å²) in [6, 6.07) is -6.30. The molecule has 9 aliphatic rings. The van der Waals surface area contributed by atoms with Gasteiger partial charge in [0.1, 0.15) is 165 Å². The second-order valence-electron chi connectivity index (χ2n) is 26.9. The lowest BCUT2D eigenvalue weighted by molar-refractivity contribution is -0.396. The van der Waals surface area contributed by atoms with E-state index in [1.54, 1.807) is 0 Å². The Morgan fingerprint density at radius 1 is 0.340 bits per heavy atom. The number of fused-ring (bicyclic) bond motifs is 1. The molecule has 44 heteroatoms. The zero-order chi connectivity index (χ0) is 75.7. The number of amides is 4. The van der Waals surface area contributed by atoms with Crippen molar-refractivity contribution in [3.8, 4) is 0 Å². The van der Waals surface area contributed by atoms with E-state index in [-0.39, 0.29) is 0 Å². The fourth-order valence-electron chi connectivity index (χ4n) is 14.2. The van der Waals surface area contributed by atoms with Gasteiger partial charge in [0.15, 0.2) is 49.8 Å². The van der Waals surface area contributed by atoms with E-state index < -0.39 is 334 Å². The molecule has 103 heavy (non-hydrogen) atoms. The molecule has 18 unspecified atom stereocenters. The van der Waals surface area contributed by atoms with Gasteiger partial charge in [-0.15, -0.1) is 0 Å². The molecule has 0 bridgehead atoms. The van der Waals surface area contributed by atoms with Crippen LogP contribution in [0.5, 0.6) is 0 Å². The first-order chi connectivity index (χ1) is 48.7. The first-order valence-corrected chi connectivity index (χ1v) is 33.4. The molecule has 4 amide bonds. The highest BCUT2D eigenvalue weighted by atomic mass is 16.8. The first kappa shape index (κ1) is 83.5. The molecule has 1 saturated carbocycles. The van der Waals surface area contributed by atoms with E-state index in [9.17, 15) is 126 Å². The molecular formula is C59H98N4O40. The number of aliphatic hydroxyl groups is 21. The van der Waals surface area contributed by atoms with Crippen LogP contribution in [0.4, 0.5) is 0 Å². The van der Waals surface area contributed by atoms with Gasteiger partial charge in [0.05, 0.1) is 83.1 Å². The van der Waals surface area contributed by atoms with Crippen LogP contribution in [0.25, 0.3) is 0 Å². The number of hydrogen-bond donors (Lipinski definition) is 25. The normalized spacial score (nSPS) is 48.4. The maximum Gasteiger partial charge on any atom is 0.217 e. The molecule has 0 aromatic heterocycles. The molecule has 0 spiro atoms. The standard InChI is InChI=1S/C59H98N4O40/c1-15-29(60-16(2)70)40(81)46(24(11-67)91-15)98-54-31(62-18(4)72)41(82)48(26(13-69)95-54)100-57-45(86)49(37(78)27(97-57)14-90-52-20(33(74)34(75)21(8-64)92-52)6-7-89-53-30(61-17(3)71)39(80)35(76)22(9-65)93-53)101-58-50(43(84)36(77)23(10-66)94-58)102-55-32(63-19(5)73)42(83)47(25(12-68)96-55)99-56-44(85)38(79)28-51(103-56)59(28,87)88/h15,20-58,64-69,74-88H,6-14H2,1-5H3,(H,60,70)(H,61,71)(H,62,72)(H,63,73)/t15-,20?,21?,22-,23?,24?,25?,26?,27?,28?,29?,30?,31?,32?,33+,34+,35+,36+,37+,38-,39?,40+,41+,42+,43?,44?,45?,46+,47+,48+,49-,50?,51?,52-,53+,54-,55-,56+,57-,58+/m0/s1. The minimum absolute atomic E-state index is 0.401. The van der Waals surface area contributed by atoms with Crippen molar-refractivity contribution in [2.24, 2.45) is 11.8 Å². The van der Waals surface area contributed by atoms with Crippen molar-refractivity contribution in [1.82, 2.24) is 21.3 Å². The van der Waals surface area contributed by atoms with Gasteiger partial charge in [-0.1, -0.05) is 0 Å². The van der Waals surface area contributed by atoms with Crippen molar-refractivity contribution in [3.63, 3.8) is 0 Å². The summed E-state index contributed by atoms with van der Waals surface area (Å²) in [6.07, 6.45) is -65.0. The molecule has 0 aromatic rings. The molecule has 44 nitrogen and oxygen atoms in total. The summed E-state index contributed by atoms with van der Waals surface area (Å²) in [6.45, 7) is -1.74. The highest BCUT2D eigenvalue weighted by Gasteiger charge is 2.74. The van der Waals surface area contributed by atoms with Crippen molar-refractivity contribution in [3.05, 3.63) is 0 Å². The second kappa shape index (κ2) is 35.4. The zero-order valence-corrected chi connectivity index (χ0v) is 56.1. The van der Waals surface area contributed by atoms with Crippen LogP contribution in [0.1, 0.15) is 41.0 Å². The van der Waals surface area contributed by atoms with Crippen LogP contribution < -0.4 is 21.3 Å². The summed E-state index contributed by atoms with van der Waals surface area (Å²) in [5.41, 5.74) is 0. The van der Waals surface area contributed by atoms with E-state index in [4.69, 9.17) is 71.1 Å². The van der Waals surface area contributed by atoms with Gasteiger partial charge >= 0.3 is 0 Å². The Labute approximate surface area is 585 Å². The van der Waals surface area contributed by atoms with E-state index in [0.717, 1.165) is 27.7 Å². The molecule has 1 aliphatic carbocycles. The molecule has 0 radical (unpaired) electrons. The van der Waals surface area contributed by atoms with E-state index >= 15 is 0 Å². The maximum atomic E-state index is 13.0. The molecule has 9 fully saturated rings. The maximum absolute atomic E-state index is 13.0. The second-order valence-corrected chi connectivity index (χ2v) is 26.9. The monoisotopic (exact) mass is 1500 g/mol. The van der Waals surface area contributed by atoms with E-state index in [1.165, 1.54) is 6.92 Å². The lowest BCUT2D eigenvalue weighted by Crippen LogP contribution is -2.70.